The van der Waals surface area contributed by atoms with E-state index in [1.165, 1.54) is 11.8 Å². The zero-order valence-corrected chi connectivity index (χ0v) is 15.1. The number of hydrogen-bond donors (Lipinski definition) is 2. The average molecular weight is 362 g/mol. The molecule has 3 aromatic carbocycles. The third-order valence-corrected chi connectivity index (χ3v) is 5.59. The third-order valence-electron chi connectivity index (χ3n) is 4.51. The molecule has 130 valence electrons. The molecule has 5 heteroatoms. The first kappa shape index (κ1) is 16.7. The molecule has 0 radical (unpaired) electrons. The number of rotatable bonds is 3. The van der Waals surface area contributed by atoms with E-state index in [0.29, 0.717) is 17.0 Å². The van der Waals surface area contributed by atoms with Gasteiger partial charge < -0.3 is 10.6 Å². The quantitative estimate of drug-likeness (QED) is 0.727. The Morgan fingerprint density at radius 2 is 1.92 bits per heavy atom. The van der Waals surface area contributed by atoms with Crippen LogP contribution < -0.4 is 10.6 Å². The molecule has 0 saturated heterocycles. The predicted octanol–water partition coefficient (Wildman–Crippen LogP) is 4.38. The smallest absolute Gasteiger partial charge is 0.251 e. The SMILES string of the molecule is CC(NC(=O)c1ccc2c(c1)NC(=O)CS2)c1cccc2ccccc12. The second-order valence-corrected chi connectivity index (χ2v) is 7.33. The van der Waals surface area contributed by atoms with Crippen molar-refractivity contribution in [1.82, 2.24) is 5.32 Å². The number of carbonyl (C=O) groups excluding carboxylic acids is 2. The minimum atomic E-state index is -0.155. The molecular formula is C21H18N2O2S. The van der Waals surface area contributed by atoms with E-state index in [2.05, 4.69) is 28.8 Å². The first-order valence-electron chi connectivity index (χ1n) is 8.47. The van der Waals surface area contributed by atoms with Crippen LogP contribution in [0, 0.1) is 0 Å². The van der Waals surface area contributed by atoms with Crippen LogP contribution in [0.1, 0.15) is 28.9 Å². The minimum Gasteiger partial charge on any atom is -0.345 e. The molecule has 0 aromatic heterocycles. The van der Waals surface area contributed by atoms with Gasteiger partial charge in [-0.15, -0.1) is 11.8 Å². The maximum Gasteiger partial charge on any atom is 0.251 e. The lowest BCUT2D eigenvalue weighted by molar-refractivity contribution is -0.113. The summed E-state index contributed by atoms with van der Waals surface area (Å²) in [6, 6.07) is 19.6. The zero-order chi connectivity index (χ0) is 18.1. The maximum absolute atomic E-state index is 12.7. The Balaban J connectivity index is 1.58. The highest BCUT2D eigenvalue weighted by molar-refractivity contribution is 8.00. The summed E-state index contributed by atoms with van der Waals surface area (Å²) in [4.78, 5) is 25.3. The van der Waals surface area contributed by atoms with E-state index in [1.54, 1.807) is 12.1 Å². The third kappa shape index (κ3) is 3.18. The summed E-state index contributed by atoms with van der Waals surface area (Å²) in [6.07, 6.45) is 0. The van der Waals surface area contributed by atoms with Crippen molar-refractivity contribution >= 4 is 40.0 Å². The van der Waals surface area contributed by atoms with Gasteiger partial charge in [-0.2, -0.15) is 0 Å². The van der Waals surface area contributed by atoms with Crippen molar-refractivity contribution in [1.29, 1.82) is 0 Å². The second kappa shape index (κ2) is 6.84. The molecule has 2 N–H and O–H groups in total. The number of amides is 2. The molecule has 1 aliphatic rings. The molecule has 1 aliphatic heterocycles. The summed E-state index contributed by atoms with van der Waals surface area (Å²) in [5.41, 5.74) is 2.33. The highest BCUT2D eigenvalue weighted by Gasteiger charge is 2.19. The number of thioether (sulfide) groups is 1. The highest BCUT2D eigenvalue weighted by Crippen LogP contribution is 2.32. The van der Waals surface area contributed by atoms with Crippen LogP contribution in [0.15, 0.2) is 65.6 Å². The Hall–Kier alpha value is -2.79. The van der Waals surface area contributed by atoms with Crippen molar-refractivity contribution in [2.24, 2.45) is 0 Å². The lowest BCUT2D eigenvalue weighted by Crippen LogP contribution is -2.27. The Morgan fingerprint density at radius 3 is 2.81 bits per heavy atom. The number of nitrogens with one attached hydrogen (secondary N) is 2. The van der Waals surface area contributed by atoms with Crippen LogP contribution in [0.4, 0.5) is 5.69 Å². The Bertz CT molecular complexity index is 1010. The number of benzene rings is 3. The van der Waals surface area contributed by atoms with Crippen LogP contribution in [0.25, 0.3) is 10.8 Å². The molecule has 2 amide bonds. The summed E-state index contributed by atoms with van der Waals surface area (Å²) in [6.45, 7) is 1.98. The molecule has 4 rings (SSSR count). The topological polar surface area (TPSA) is 58.2 Å². The van der Waals surface area contributed by atoms with Crippen LogP contribution >= 0.6 is 11.8 Å². The highest BCUT2D eigenvalue weighted by atomic mass is 32.2. The standard InChI is InChI=1S/C21H18N2O2S/c1-13(16-8-4-6-14-5-2-3-7-17(14)16)22-21(25)15-9-10-19-18(11-15)23-20(24)12-26-19/h2-11,13H,12H2,1H3,(H,22,25)(H,23,24). The average Bonchev–Trinajstić information content (AvgIpc) is 2.66. The van der Waals surface area contributed by atoms with Gasteiger partial charge in [0.2, 0.25) is 5.91 Å². The van der Waals surface area contributed by atoms with E-state index in [9.17, 15) is 9.59 Å². The van der Waals surface area contributed by atoms with Crippen LogP contribution in [-0.4, -0.2) is 17.6 Å². The van der Waals surface area contributed by atoms with Gasteiger partial charge in [0.15, 0.2) is 0 Å². The van der Waals surface area contributed by atoms with E-state index in [4.69, 9.17) is 0 Å². The summed E-state index contributed by atoms with van der Waals surface area (Å²) >= 11 is 1.49. The lowest BCUT2D eigenvalue weighted by Gasteiger charge is -2.19. The van der Waals surface area contributed by atoms with Gasteiger partial charge in [-0.1, -0.05) is 42.5 Å². The molecule has 1 heterocycles. The van der Waals surface area contributed by atoms with Crippen molar-refractivity contribution in [2.45, 2.75) is 17.9 Å². The number of hydrogen-bond acceptors (Lipinski definition) is 3. The monoisotopic (exact) mass is 362 g/mol. The molecule has 0 bridgehead atoms. The van der Waals surface area contributed by atoms with Crippen LogP contribution in [-0.2, 0) is 4.79 Å². The molecule has 3 aromatic rings. The molecule has 1 unspecified atom stereocenters. The number of anilines is 1. The van der Waals surface area contributed by atoms with Crippen molar-refractivity contribution < 1.29 is 9.59 Å². The van der Waals surface area contributed by atoms with Gasteiger partial charge >= 0.3 is 0 Å². The van der Waals surface area contributed by atoms with E-state index >= 15 is 0 Å². The van der Waals surface area contributed by atoms with Gasteiger partial charge in [0.25, 0.3) is 5.91 Å². The normalized spacial score (nSPS) is 14.4. The van der Waals surface area contributed by atoms with Gasteiger partial charge in [-0.3, -0.25) is 9.59 Å². The van der Waals surface area contributed by atoms with Gasteiger partial charge in [0.05, 0.1) is 17.5 Å². The molecule has 0 saturated carbocycles. The van der Waals surface area contributed by atoms with Crippen LogP contribution in [0.5, 0.6) is 0 Å². The Kier molecular flexibility index (Phi) is 4.39. The van der Waals surface area contributed by atoms with Crippen molar-refractivity contribution in [3.05, 3.63) is 71.8 Å². The van der Waals surface area contributed by atoms with Gasteiger partial charge in [-0.05, 0) is 41.5 Å². The van der Waals surface area contributed by atoms with Gasteiger partial charge in [0, 0.05) is 10.5 Å². The number of fused-ring (bicyclic) bond motifs is 2. The summed E-state index contributed by atoms with van der Waals surface area (Å²) in [5, 5.41) is 8.18. The van der Waals surface area contributed by atoms with E-state index in [-0.39, 0.29) is 17.9 Å². The van der Waals surface area contributed by atoms with Crippen molar-refractivity contribution in [3.63, 3.8) is 0 Å². The second-order valence-electron chi connectivity index (χ2n) is 6.31. The van der Waals surface area contributed by atoms with Crippen molar-refractivity contribution in [3.8, 4) is 0 Å². The minimum absolute atomic E-state index is 0.0378. The molecule has 0 fully saturated rings. The molecular weight excluding hydrogens is 344 g/mol. The Labute approximate surface area is 156 Å². The fourth-order valence-corrected chi connectivity index (χ4v) is 4.00. The maximum atomic E-state index is 12.7. The predicted molar refractivity (Wildman–Crippen MR) is 106 cm³/mol. The first-order valence-corrected chi connectivity index (χ1v) is 9.45. The zero-order valence-electron chi connectivity index (χ0n) is 14.3. The van der Waals surface area contributed by atoms with Crippen LogP contribution in [0.2, 0.25) is 0 Å². The molecule has 0 spiro atoms. The fourth-order valence-electron chi connectivity index (χ4n) is 3.21. The molecule has 1 atom stereocenters. The summed E-state index contributed by atoms with van der Waals surface area (Å²) in [7, 11) is 0. The Morgan fingerprint density at radius 1 is 1.12 bits per heavy atom. The van der Waals surface area contributed by atoms with Gasteiger partial charge in [-0.25, -0.2) is 0 Å². The van der Waals surface area contributed by atoms with Crippen molar-refractivity contribution in [2.75, 3.05) is 11.1 Å². The molecule has 26 heavy (non-hydrogen) atoms. The van der Waals surface area contributed by atoms with E-state index in [0.717, 1.165) is 21.2 Å². The summed E-state index contributed by atoms with van der Waals surface area (Å²) in [5.74, 6) is 0.221. The van der Waals surface area contributed by atoms with Crippen LogP contribution in [0.3, 0.4) is 0 Å². The van der Waals surface area contributed by atoms with Gasteiger partial charge in [0.1, 0.15) is 0 Å². The summed E-state index contributed by atoms with van der Waals surface area (Å²) < 4.78 is 0. The molecule has 4 nitrogen and oxygen atoms in total. The lowest BCUT2D eigenvalue weighted by atomic mass is 9.99. The molecule has 0 aliphatic carbocycles. The van der Waals surface area contributed by atoms with E-state index in [1.807, 2.05) is 37.3 Å². The largest absolute Gasteiger partial charge is 0.345 e. The fraction of sp³-hybridized carbons (Fsp3) is 0.143. The number of carbonyl (C=O) groups is 2. The first-order chi connectivity index (χ1) is 12.6. The van der Waals surface area contributed by atoms with E-state index < -0.39 is 0 Å².